The molecule has 0 aromatic heterocycles. The monoisotopic (exact) mass is 283 g/mol. The van der Waals surface area contributed by atoms with E-state index in [1.54, 1.807) is 0 Å². The zero-order valence-corrected chi connectivity index (χ0v) is 12.6. The molecule has 1 saturated heterocycles. The Morgan fingerprint density at radius 2 is 1.45 bits per heavy atom. The summed E-state index contributed by atoms with van der Waals surface area (Å²) in [6, 6.07) is 21.8. The molecule has 1 aliphatic rings. The van der Waals surface area contributed by atoms with Crippen molar-refractivity contribution in [3.05, 3.63) is 71.8 Å². The van der Waals surface area contributed by atoms with Crippen molar-refractivity contribution >= 4 is 11.8 Å². The average molecular weight is 283 g/mol. The molecule has 2 aromatic carbocycles. The van der Waals surface area contributed by atoms with Gasteiger partial charge in [0.2, 0.25) is 0 Å². The van der Waals surface area contributed by atoms with Crippen LogP contribution in [0.4, 0.5) is 0 Å². The fourth-order valence-electron chi connectivity index (χ4n) is 2.95. The van der Waals surface area contributed by atoms with Crippen molar-refractivity contribution in [1.82, 2.24) is 0 Å². The van der Waals surface area contributed by atoms with E-state index in [4.69, 9.17) is 5.73 Å². The summed E-state index contributed by atoms with van der Waals surface area (Å²) in [6.45, 7) is 2.29. The number of rotatable bonds is 2. The van der Waals surface area contributed by atoms with E-state index >= 15 is 0 Å². The Kier molecular flexibility index (Phi) is 4.13. The third-order valence-corrected chi connectivity index (χ3v) is 6.04. The van der Waals surface area contributed by atoms with Gasteiger partial charge in [-0.1, -0.05) is 67.6 Å². The molecule has 1 fully saturated rings. The van der Waals surface area contributed by atoms with Crippen LogP contribution in [0.15, 0.2) is 60.7 Å². The maximum atomic E-state index is 6.42. The lowest BCUT2D eigenvalue weighted by Gasteiger charge is -2.38. The standard InChI is InChI=1S/C18H21NS/c1-13-16(19)12-17(14-8-4-2-5-9-14)20-18(13)15-10-6-3-7-11-15/h2-11,13,16-18H,12,19H2,1H3/t13-,16-,17+,18-/m1/s1. The molecule has 0 spiro atoms. The lowest BCUT2D eigenvalue weighted by atomic mass is 9.89. The highest BCUT2D eigenvalue weighted by Crippen LogP contribution is 2.52. The minimum absolute atomic E-state index is 0.270. The van der Waals surface area contributed by atoms with Crippen molar-refractivity contribution in [3.8, 4) is 0 Å². The first kappa shape index (κ1) is 13.7. The molecule has 0 saturated carbocycles. The predicted octanol–water partition coefficient (Wildman–Crippen LogP) is 4.57. The Bertz CT molecular complexity index is 540. The highest BCUT2D eigenvalue weighted by molar-refractivity contribution is 7.99. The Labute approximate surface area is 125 Å². The van der Waals surface area contributed by atoms with Crippen LogP contribution >= 0.6 is 11.8 Å². The molecule has 0 unspecified atom stereocenters. The third-order valence-electron chi connectivity index (χ3n) is 4.25. The molecule has 20 heavy (non-hydrogen) atoms. The van der Waals surface area contributed by atoms with Crippen molar-refractivity contribution in [2.24, 2.45) is 11.7 Å². The van der Waals surface area contributed by atoms with Crippen molar-refractivity contribution < 1.29 is 0 Å². The number of thioether (sulfide) groups is 1. The predicted molar refractivity (Wildman–Crippen MR) is 87.7 cm³/mol. The van der Waals surface area contributed by atoms with E-state index in [0.717, 1.165) is 6.42 Å². The summed E-state index contributed by atoms with van der Waals surface area (Å²) in [5, 5.41) is 0.998. The van der Waals surface area contributed by atoms with Crippen LogP contribution in [0, 0.1) is 5.92 Å². The molecule has 0 radical (unpaired) electrons. The van der Waals surface area contributed by atoms with Gasteiger partial charge in [-0.15, -0.1) is 11.8 Å². The second kappa shape index (κ2) is 6.02. The maximum absolute atomic E-state index is 6.42. The lowest BCUT2D eigenvalue weighted by molar-refractivity contribution is 0.401. The number of nitrogens with two attached hydrogens (primary N) is 1. The average Bonchev–Trinajstić information content (AvgIpc) is 2.51. The molecule has 2 N–H and O–H groups in total. The fourth-order valence-corrected chi connectivity index (χ4v) is 4.72. The van der Waals surface area contributed by atoms with Crippen LogP contribution < -0.4 is 5.73 Å². The molecule has 1 heterocycles. The first-order chi connectivity index (χ1) is 9.75. The number of hydrogen-bond acceptors (Lipinski definition) is 2. The third kappa shape index (κ3) is 2.77. The van der Waals surface area contributed by atoms with Crippen molar-refractivity contribution in [1.29, 1.82) is 0 Å². The summed E-state index contributed by atoms with van der Waals surface area (Å²) in [7, 11) is 0. The minimum Gasteiger partial charge on any atom is -0.327 e. The van der Waals surface area contributed by atoms with E-state index in [-0.39, 0.29) is 6.04 Å². The van der Waals surface area contributed by atoms with Crippen LogP contribution in [-0.4, -0.2) is 6.04 Å². The summed E-state index contributed by atoms with van der Waals surface area (Å²) in [4.78, 5) is 0. The molecule has 2 heteroatoms. The summed E-state index contributed by atoms with van der Waals surface area (Å²) >= 11 is 2.07. The van der Waals surface area contributed by atoms with E-state index in [0.29, 0.717) is 16.4 Å². The van der Waals surface area contributed by atoms with E-state index in [2.05, 4.69) is 79.3 Å². The molecular weight excluding hydrogens is 262 g/mol. The summed E-state index contributed by atoms with van der Waals surface area (Å²) in [6.07, 6.45) is 1.07. The van der Waals surface area contributed by atoms with Crippen molar-refractivity contribution in [2.45, 2.75) is 29.9 Å². The molecule has 4 atom stereocenters. The second-order valence-corrected chi connectivity index (χ2v) is 6.97. The zero-order chi connectivity index (χ0) is 13.9. The molecular formula is C18H21NS. The fraction of sp³-hybridized carbons (Fsp3) is 0.333. The lowest BCUT2D eigenvalue weighted by Crippen LogP contribution is -2.36. The van der Waals surface area contributed by atoms with Gasteiger partial charge in [0.1, 0.15) is 0 Å². The quantitative estimate of drug-likeness (QED) is 0.873. The minimum atomic E-state index is 0.270. The second-order valence-electron chi connectivity index (χ2n) is 5.63. The molecule has 1 aliphatic heterocycles. The molecule has 0 bridgehead atoms. The van der Waals surface area contributed by atoms with E-state index in [1.807, 2.05) is 0 Å². The van der Waals surface area contributed by atoms with E-state index < -0.39 is 0 Å². The smallest absolute Gasteiger partial charge is 0.0343 e. The van der Waals surface area contributed by atoms with Gasteiger partial charge in [0, 0.05) is 16.5 Å². The van der Waals surface area contributed by atoms with Crippen LogP contribution in [-0.2, 0) is 0 Å². The van der Waals surface area contributed by atoms with Gasteiger partial charge in [0.25, 0.3) is 0 Å². The molecule has 1 nitrogen and oxygen atoms in total. The largest absolute Gasteiger partial charge is 0.327 e. The van der Waals surface area contributed by atoms with Crippen molar-refractivity contribution in [3.63, 3.8) is 0 Å². The van der Waals surface area contributed by atoms with Gasteiger partial charge in [0.05, 0.1) is 0 Å². The molecule has 3 rings (SSSR count). The van der Waals surface area contributed by atoms with Gasteiger partial charge in [-0.2, -0.15) is 0 Å². The molecule has 0 amide bonds. The van der Waals surface area contributed by atoms with Crippen molar-refractivity contribution in [2.75, 3.05) is 0 Å². The molecule has 2 aromatic rings. The Balaban J connectivity index is 1.87. The Hall–Kier alpha value is -1.25. The topological polar surface area (TPSA) is 26.0 Å². The first-order valence-electron chi connectivity index (χ1n) is 7.26. The van der Waals surface area contributed by atoms with Gasteiger partial charge in [-0.25, -0.2) is 0 Å². The highest BCUT2D eigenvalue weighted by Gasteiger charge is 2.35. The Morgan fingerprint density at radius 1 is 0.900 bits per heavy atom. The summed E-state index contributed by atoms with van der Waals surface area (Å²) in [5.74, 6) is 0.516. The van der Waals surface area contributed by atoms with Crippen LogP contribution in [0.1, 0.15) is 35.0 Å². The number of hydrogen-bond donors (Lipinski definition) is 1. The van der Waals surface area contributed by atoms with Gasteiger partial charge in [-0.05, 0) is 23.5 Å². The van der Waals surface area contributed by atoms with Crippen LogP contribution in [0.3, 0.4) is 0 Å². The molecule has 104 valence electrons. The zero-order valence-electron chi connectivity index (χ0n) is 11.8. The van der Waals surface area contributed by atoms with Gasteiger partial charge in [0.15, 0.2) is 0 Å². The summed E-state index contributed by atoms with van der Waals surface area (Å²) < 4.78 is 0. The normalized spacial score (nSPS) is 30.1. The van der Waals surface area contributed by atoms with Crippen LogP contribution in [0.5, 0.6) is 0 Å². The van der Waals surface area contributed by atoms with Gasteiger partial charge >= 0.3 is 0 Å². The first-order valence-corrected chi connectivity index (χ1v) is 8.21. The molecule has 0 aliphatic carbocycles. The summed E-state index contributed by atoms with van der Waals surface area (Å²) in [5.41, 5.74) is 9.23. The Morgan fingerprint density at radius 3 is 2.05 bits per heavy atom. The van der Waals surface area contributed by atoms with Crippen LogP contribution in [0.2, 0.25) is 0 Å². The van der Waals surface area contributed by atoms with Gasteiger partial charge < -0.3 is 5.73 Å². The van der Waals surface area contributed by atoms with Gasteiger partial charge in [-0.3, -0.25) is 0 Å². The SMILES string of the molecule is C[C@@H]1[C@H](N)C[C@@H](c2ccccc2)S[C@H]1c1ccccc1. The highest BCUT2D eigenvalue weighted by atomic mass is 32.2. The van der Waals surface area contributed by atoms with Crippen LogP contribution in [0.25, 0.3) is 0 Å². The van der Waals surface area contributed by atoms with E-state index in [1.165, 1.54) is 11.1 Å². The maximum Gasteiger partial charge on any atom is 0.0343 e. The van der Waals surface area contributed by atoms with E-state index in [9.17, 15) is 0 Å². The number of benzene rings is 2.